The van der Waals surface area contributed by atoms with Crippen LogP contribution in [0.25, 0.3) is 0 Å². The van der Waals surface area contributed by atoms with E-state index in [-0.39, 0.29) is 5.91 Å². The van der Waals surface area contributed by atoms with E-state index in [0.29, 0.717) is 24.6 Å². The molecule has 1 aliphatic rings. The van der Waals surface area contributed by atoms with E-state index in [9.17, 15) is 13.2 Å². The molecule has 6 heteroatoms. The van der Waals surface area contributed by atoms with Crippen molar-refractivity contribution in [3.63, 3.8) is 0 Å². The summed E-state index contributed by atoms with van der Waals surface area (Å²) in [7, 11) is -3.29. The molecule has 0 saturated carbocycles. The zero-order chi connectivity index (χ0) is 14.9. The summed E-state index contributed by atoms with van der Waals surface area (Å²) in [6.45, 7) is 4.93. The molecule has 0 aliphatic carbocycles. The first-order chi connectivity index (χ1) is 9.30. The van der Waals surface area contributed by atoms with E-state index < -0.39 is 10.0 Å². The minimum absolute atomic E-state index is 0.0804. The van der Waals surface area contributed by atoms with Crippen LogP contribution in [0.3, 0.4) is 0 Å². The Morgan fingerprint density at radius 3 is 2.70 bits per heavy atom. The summed E-state index contributed by atoms with van der Waals surface area (Å²) in [6.07, 6.45) is 2.47. The number of sulfonamides is 1. The van der Waals surface area contributed by atoms with Gasteiger partial charge in [-0.15, -0.1) is 0 Å². The number of carbonyl (C=O) groups is 1. The molecular formula is C14H20N2O3S. The highest BCUT2D eigenvalue weighted by molar-refractivity contribution is 7.92. The normalized spacial score (nSPS) is 16.1. The zero-order valence-corrected chi connectivity index (χ0v) is 12.8. The van der Waals surface area contributed by atoms with Crippen LogP contribution in [0, 0.1) is 5.92 Å². The van der Waals surface area contributed by atoms with Gasteiger partial charge in [-0.1, -0.05) is 20.3 Å². The average Bonchev–Trinajstić information content (AvgIpc) is 2.63. The molecule has 5 nitrogen and oxygen atoms in total. The van der Waals surface area contributed by atoms with Crippen LogP contribution < -0.4 is 9.62 Å². The van der Waals surface area contributed by atoms with E-state index in [1.807, 2.05) is 6.07 Å². The molecule has 0 aromatic heterocycles. The van der Waals surface area contributed by atoms with Gasteiger partial charge in [0.2, 0.25) is 15.9 Å². The Labute approximate surface area is 120 Å². The highest BCUT2D eigenvalue weighted by Crippen LogP contribution is 2.32. The van der Waals surface area contributed by atoms with Gasteiger partial charge in [0.1, 0.15) is 0 Å². The van der Waals surface area contributed by atoms with Gasteiger partial charge in [0.15, 0.2) is 0 Å². The molecule has 0 spiro atoms. The Kier molecular flexibility index (Phi) is 4.04. The highest BCUT2D eigenvalue weighted by atomic mass is 32.2. The quantitative estimate of drug-likeness (QED) is 0.903. The predicted molar refractivity (Wildman–Crippen MR) is 80.4 cm³/mol. The van der Waals surface area contributed by atoms with Gasteiger partial charge in [-0.3, -0.25) is 9.52 Å². The maximum Gasteiger partial charge on any atom is 0.231 e. The lowest BCUT2D eigenvalue weighted by molar-refractivity contribution is -0.117. The summed E-state index contributed by atoms with van der Waals surface area (Å²) >= 11 is 0. The average molecular weight is 296 g/mol. The van der Waals surface area contributed by atoms with Gasteiger partial charge in [0.05, 0.1) is 12.7 Å². The Balaban J connectivity index is 2.25. The van der Waals surface area contributed by atoms with Crippen molar-refractivity contribution in [2.24, 2.45) is 5.92 Å². The van der Waals surface area contributed by atoms with E-state index in [2.05, 4.69) is 18.6 Å². The lowest BCUT2D eigenvalue weighted by Crippen LogP contribution is -2.31. The van der Waals surface area contributed by atoms with Crippen LogP contribution in [0.1, 0.15) is 25.8 Å². The number of hydrogen-bond donors (Lipinski definition) is 1. The Hall–Kier alpha value is -1.56. The van der Waals surface area contributed by atoms with Crippen LogP contribution in [-0.4, -0.2) is 27.1 Å². The molecule has 20 heavy (non-hydrogen) atoms. The molecule has 1 atom stereocenters. The van der Waals surface area contributed by atoms with Crippen molar-refractivity contribution in [2.45, 2.75) is 26.7 Å². The van der Waals surface area contributed by atoms with E-state index in [1.165, 1.54) is 0 Å². The van der Waals surface area contributed by atoms with E-state index in [0.717, 1.165) is 23.9 Å². The Morgan fingerprint density at radius 1 is 1.40 bits per heavy atom. The van der Waals surface area contributed by atoms with Crippen LogP contribution >= 0.6 is 0 Å². The van der Waals surface area contributed by atoms with Crippen molar-refractivity contribution in [3.8, 4) is 0 Å². The number of fused-ring (bicyclic) bond motifs is 1. The van der Waals surface area contributed by atoms with E-state index in [4.69, 9.17) is 0 Å². The van der Waals surface area contributed by atoms with E-state index >= 15 is 0 Å². The molecule has 2 rings (SSSR count). The molecule has 1 heterocycles. The minimum Gasteiger partial charge on any atom is -0.312 e. The molecule has 1 amide bonds. The summed E-state index contributed by atoms with van der Waals surface area (Å²) in [5.41, 5.74) is 2.28. The monoisotopic (exact) mass is 296 g/mol. The molecule has 110 valence electrons. The molecule has 0 radical (unpaired) electrons. The van der Waals surface area contributed by atoms with Gasteiger partial charge in [0.25, 0.3) is 0 Å². The van der Waals surface area contributed by atoms with Gasteiger partial charge in [-0.25, -0.2) is 8.42 Å². The number of nitrogens with zero attached hydrogens (tertiary/aromatic N) is 1. The second-order valence-corrected chi connectivity index (χ2v) is 7.16. The number of hydrogen-bond acceptors (Lipinski definition) is 3. The third-order valence-electron chi connectivity index (χ3n) is 3.51. The van der Waals surface area contributed by atoms with Crippen LogP contribution in [0.2, 0.25) is 0 Å². The van der Waals surface area contributed by atoms with Crippen LogP contribution in [0.15, 0.2) is 18.2 Å². The fraction of sp³-hybridized carbons (Fsp3) is 0.500. The fourth-order valence-corrected chi connectivity index (χ4v) is 2.86. The lowest BCUT2D eigenvalue weighted by atomic mass is 10.1. The van der Waals surface area contributed by atoms with Crippen molar-refractivity contribution in [2.75, 3.05) is 22.4 Å². The summed E-state index contributed by atoms with van der Waals surface area (Å²) in [5, 5.41) is 0. The second kappa shape index (κ2) is 5.44. The zero-order valence-electron chi connectivity index (χ0n) is 12.0. The first kappa shape index (κ1) is 14.8. The number of carbonyl (C=O) groups excluding carboxylic acids is 1. The van der Waals surface area contributed by atoms with Crippen molar-refractivity contribution in [1.29, 1.82) is 0 Å². The van der Waals surface area contributed by atoms with Gasteiger partial charge in [-0.05, 0) is 29.7 Å². The van der Waals surface area contributed by atoms with Crippen LogP contribution in [0.5, 0.6) is 0 Å². The molecular weight excluding hydrogens is 276 g/mol. The molecule has 0 bridgehead atoms. The smallest absolute Gasteiger partial charge is 0.231 e. The molecule has 1 aliphatic heterocycles. The van der Waals surface area contributed by atoms with Gasteiger partial charge < -0.3 is 4.90 Å². The summed E-state index contributed by atoms with van der Waals surface area (Å²) < 4.78 is 24.9. The number of rotatable bonds is 5. The molecule has 0 unspecified atom stereocenters. The van der Waals surface area contributed by atoms with Gasteiger partial charge in [0, 0.05) is 17.9 Å². The van der Waals surface area contributed by atoms with Crippen LogP contribution in [-0.2, 0) is 21.2 Å². The molecule has 1 N–H and O–H groups in total. The molecule has 1 aromatic carbocycles. The van der Waals surface area contributed by atoms with Gasteiger partial charge >= 0.3 is 0 Å². The van der Waals surface area contributed by atoms with Crippen LogP contribution in [0.4, 0.5) is 11.4 Å². The minimum atomic E-state index is -3.29. The van der Waals surface area contributed by atoms with Crippen molar-refractivity contribution >= 4 is 27.3 Å². The summed E-state index contributed by atoms with van der Waals surface area (Å²) in [5.74, 6) is 0.524. The maximum absolute atomic E-state index is 12.1. The fourth-order valence-electron chi connectivity index (χ4n) is 2.30. The third kappa shape index (κ3) is 3.30. The maximum atomic E-state index is 12.1. The van der Waals surface area contributed by atoms with Crippen molar-refractivity contribution in [1.82, 2.24) is 0 Å². The number of benzene rings is 1. The lowest BCUT2D eigenvalue weighted by Gasteiger charge is -2.21. The largest absolute Gasteiger partial charge is 0.312 e. The SMILES string of the molecule is CC[C@H](C)CN1C(=O)Cc2cc(NS(C)(=O)=O)ccc21. The first-order valence-electron chi connectivity index (χ1n) is 6.71. The highest BCUT2D eigenvalue weighted by Gasteiger charge is 2.28. The van der Waals surface area contributed by atoms with Crippen molar-refractivity contribution in [3.05, 3.63) is 23.8 Å². The predicted octanol–water partition coefficient (Wildman–Crippen LogP) is 1.99. The topological polar surface area (TPSA) is 66.5 Å². The second-order valence-electron chi connectivity index (χ2n) is 5.41. The summed E-state index contributed by atoms with van der Waals surface area (Å²) in [6, 6.07) is 5.25. The standard InChI is InChI=1S/C14H20N2O3S/c1-4-10(2)9-16-13-6-5-12(15-20(3,18)19)7-11(13)8-14(16)17/h5-7,10,15H,4,8-9H2,1-3H3/t10-/m0/s1. The molecule has 0 fully saturated rings. The Bertz CT molecular complexity index is 625. The third-order valence-corrected chi connectivity index (χ3v) is 4.11. The Morgan fingerprint density at radius 2 is 2.10 bits per heavy atom. The number of nitrogens with one attached hydrogen (secondary N) is 1. The number of anilines is 2. The first-order valence-corrected chi connectivity index (χ1v) is 8.60. The summed E-state index contributed by atoms with van der Waals surface area (Å²) in [4.78, 5) is 13.9. The molecule has 0 saturated heterocycles. The van der Waals surface area contributed by atoms with Gasteiger partial charge in [-0.2, -0.15) is 0 Å². The molecule has 1 aromatic rings. The van der Waals surface area contributed by atoms with E-state index in [1.54, 1.807) is 17.0 Å². The van der Waals surface area contributed by atoms with Crippen molar-refractivity contribution < 1.29 is 13.2 Å². The number of amides is 1.